The van der Waals surface area contributed by atoms with Crippen LogP contribution in [0.3, 0.4) is 0 Å². The number of fused-ring (bicyclic) bond motifs is 1. The number of ether oxygens (including phenoxy) is 1. The van der Waals surface area contributed by atoms with Crippen LogP contribution in [0.25, 0.3) is 10.9 Å². The van der Waals surface area contributed by atoms with E-state index in [0.717, 1.165) is 0 Å². The van der Waals surface area contributed by atoms with E-state index in [9.17, 15) is 9.90 Å². The van der Waals surface area contributed by atoms with Crippen LogP contribution in [0.2, 0.25) is 0 Å². The zero-order valence-corrected chi connectivity index (χ0v) is 12.2. The highest BCUT2D eigenvalue weighted by Crippen LogP contribution is 2.18. The van der Waals surface area contributed by atoms with Crippen molar-refractivity contribution in [2.24, 2.45) is 0 Å². The summed E-state index contributed by atoms with van der Waals surface area (Å²) in [5.41, 5.74) is 0.354. The van der Waals surface area contributed by atoms with E-state index in [2.05, 4.69) is 4.98 Å². The van der Waals surface area contributed by atoms with Crippen LogP contribution in [0.4, 0.5) is 0 Å². The van der Waals surface area contributed by atoms with Crippen molar-refractivity contribution in [2.75, 3.05) is 19.8 Å². The summed E-state index contributed by atoms with van der Waals surface area (Å²) in [5, 5.41) is 18.7. The molecule has 6 nitrogen and oxygen atoms in total. The first-order chi connectivity index (χ1) is 10.0. The normalized spacial score (nSPS) is 11.4. The van der Waals surface area contributed by atoms with Crippen molar-refractivity contribution in [3.63, 3.8) is 0 Å². The summed E-state index contributed by atoms with van der Waals surface area (Å²) in [4.78, 5) is 17.1. The van der Waals surface area contributed by atoms with Crippen LogP contribution >= 0.6 is 0 Å². The summed E-state index contributed by atoms with van der Waals surface area (Å²) < 4.78 is 6.83. The van der Waals surface area contributed by atoms with Crippen LogP contribution in [-0.2, 0) is 11.3 Å². The zero-order chi connectivity index (χ0) is 15.4. The van der Waals surface area contributed by atoms with Gasteiger partial charge in [0.05, 0.1) is 37.3 Å². The van der Waals surface area contributed by atoms with Gasteiger partial charge in [-0.15, -0.1) is 0 Å². The van der Waals surface area contributed by atoms with Gasteiger partial charge < -0.3 is 14.9 Å². The maximum atomic E-state index is 12.6. The average molecular weight is 292 g/mol. The van der Waals surface area contributed by atoms with Gasteiger partial charge in [-0.3, -0.25) is 9.36 Å². The lowest BCUT2D eigenvalue weighted by molar-refractivity contribution is 0.0859. The number of benzene rings is 1. The van der Waals surface area contributed by atoms with Crippen molar-refractivity contribution in [1.82, 2.24) is 9.55 Å². The number of nitrogens with zero attached hydrogens (tertiary/aromatic N) is 2. The average Bonchev–Trinajstić information content (AvgIpc) is 2.44. The molecule has 2 N–H and O–H groups in total. The smallest absolute Gasteiger partial charge is 0.261 e. The van der Waals surface area contributed by atoms with Gasteiger partial charge in [0.15, 0.2) is 0 Å². The number of aromatic nitrogens is 2. The molecule has 6 heteroatoms. The Labute approximate surface area is 122 Å². The Kier molecular flexibility index (Phi) is 4.93. The van der Waals surface area contributed by atoms with Crippen LogP contribution in [0, 0.1) is 0 Å². The largest absolute Gasteiger partial charge is 0.508 e. The summed E-state index contributed by atoms with van der Waals surface area (Å²) in [7, 11) is 0. The lowest BCUT2D eigenvalue weighted by atomic mass is 10.1. The second-order valence-corrected chi connectivity index (χ2v) is 5.12. The van der Waals surface area contributed by atoms with E-state index in [4.69, 9.17) is 9.84 Å². The number of phenols is 1. The first kappa shape index (κ1) is 15.5. The van der Waals surface area contributed by atoms with Crippen LogP contribution in [0.5, 0.6) is 5.75 Å². The minimum atomic E-state index is -0.142. The third-order valence-electron chi connectivity index (χ3n) is 3.18. The van der Waals surface area contributed by atoms with E-state index in [0.29, 0.717) is 29.9 Å². The van der Waals surface area contributed by atoms with Gasteiger partial charge in [0.1, 0.15) is 11.6 Å². The molecule has 114 valence electrons. The number of hydrogen-bond acceptors (Lipinski definition) is 5. The molecule has 1 aromatic carbocycles. The third-order valence-corrected chi connectivity index (χ3v) is 3.18. The molecule has 0 radical (unpaired) electrons. The first-order valence-corrected chi connectivity index (χ1v) is 6.96. The summed E-state index contributed by atoms with van der Waals surface area (Å²) in [6.07, 6.45) is 0. The Morgan fingerprint density at radius 2 is 2.10 bits per heavy atom. The summed E-state index contributed by atoms with van der Waals surface area (Å²) in [6, 6.07) is 4.55. The highest BCUT2D eigenvalue weighted by molar-refractivity contribution is 5.79. The van der Waals surface area contributed by atoms with E-state index in [1.807, 2.05) is 13.8 Å². The third kappa shape index (κ3) is 3.40. The number of rotatable bonds is 6. The molecule has 0 saturated heterocycles. The predicted octanol–water partition coefficient (Wildman–Crippen LogP) is 1.23. The fourth-order valence-electron chi connectivity index (χ4n) is 2.21. The number of aromatic hydroxyl groups is 1. The van der Waals surface area contributed by atoms with Gasteiger partial charge in [-0.05, 0) is 12.1 Å². The molecule has 0 unspecified atom stereocenters. The van der Waals surface area contributed by atoms with Crippen molar-refractivity contribution < 1.29 is 14.9 Å². The van der Waals surface area contributed by atoms with E-state index in [-0.39, 0.29) is 30.4 Å². The molecular weight excluding hydrogens is 272 g/mol. The van der Waals surface area contributed by atoms with Crippen molar-refractivity contribution in [3.05, 3.63) is 34.4 Å². The molecule has 0 bridgehead atoms. The quantitative estimate of drug-likeness (QED) is 0.782. The molecule has 21 heavy (non-hydrogen) atoms. The molecule has 2 aromatic rings. The van der Waals surface area contributed by atoms with Crippen molar-refractivity contribution in [2.45, 2.75) is 26.3 Å². The maximum Gasteiger partial charge on any atom is 0.261 e. The van der Waals surface area contributed by atoms with Gasteiger partial charge in [-0.2, -0.15) is 0 Å². The molecule has 0 atom stereocenters. The molecule has 0 aliphatic heterocycles. The topological polar surface area (TPSA) is 84.6 Å². The highest BCUT2D eigenvalue weighted by Gasteiger charge is 2.14. The first-order valence-electron chi connectivity index (χ1n) is 6.96. The molecular formula is C15H20N2O4. The Hall–Kier alpha value is -1.92. The highest BCUT2D eigenvalue weighted by atomic mass is 16.5. The fourth-order valence-corrected chi connectivity index (χ4v) is 2.21. The van der Waals surface area contributed by atoms with Crippen molar-refractivity contribution in [3.8, 4) is 5.75 Å². The van der Waals surface area contributed by atoms with Crippen LogP contribution in [0.15, 0.2) is 23.0 Å². The van der Waals surface area contributed by atoms with Gasteiger partial charge in [-0.1, -0.05) is 13.8 Å². The Balaban J connectivity index is 2.46. The minimum absolute atomic E-state index is 0.0405. The maximum absolute atomic E-state index is 12.6. The molecule has 1 heterocycles. The summed E-state index contributed by atoms with van der Waals surface area (Å²) >= 11 is 0. The number of aliphatic hydroxyl groups excluding tert-OH is 1. The Morgan fingerprint density at radius 1 is 1.33 bits per heavy atom. The molecule has 0 aliphatic carbocycles. The van der Waals surface area contributed by atoms with Crippen LogP contribution < -0.4 is 5.56 Å². The van der Waals surface area contributed by atoms with E-state index in [1.165, 1.54) is 12.1 Å². The van der Waals surface area contributed by atoms with Crippen molar-refractivity contribution in [1.29, 1.82) is 0 Å². The monoisotopic (exact) mass is 292 g/mol. The van der Waals surface area contributed by atoms with Gasteiger partial charge in [0, 0.05) is 12.0 Å². The van der Waals surface area contributed by atoms with Gasteiger partial charge in [-0.25, -0.2) is 4.98 Å². The molecule has 0 spiro atoms. The van der Waals surface area contributed by atoms with Crippen LogP contribution in [0.1, 0.15) is 25.6 Å². The van der Waals surface area contributed by atoms with E-state index in [1.54, 1.807) is 10.6 Å². The molecule has 0 fully saturated rings. The van der Waals surface area contributed by atoms with E-state index < -0.39 is 0 Å². The predicted molar refractivity (Wildman–Crippen MR) is 79.7 cm³/mol. The van der Waals surface area contributed by atoms with Crippen LogP contribution in [-0.4, -0.2) is 39.6 Å². The summed E-state index contributed by atoms with van der Waals surface area (Å²) in [5.74, 6) is 0.820. The second kappa shape index (κ2) is 6.69. The van der Waals surface area contributed by atoms with Gasteiger partial charge in [0.25, 0.3) is 5.56 Å². The number of aliphatic hydroxyl groups is 1. The molecule has 1 aromatic heterocycles. The lowest BCUT2D eigenvalue weighted by Gasteiger charge is -2.16. The molecule has 0 aliphatic rings. The lowest BCUT2D eigenvalue weighted by Crippen LogP contribution is -2.28. The number of phenolic OH excluding ortho intramolecular Hbond substituents is 1. The Morgan fingerprint density at radius 3 is 2.76 bits per heavy atom. The van der Waals surface area contributed by atoms with Crippen molar-refractivity contribution >= 4 is 10.9 Å². The van der Waals surface area contributed by atoms with Gasteiger partial charge in [0.2, 0.25) is 0 Å². The van der Waals surface area contributed by atoms with Gasteiger partial charge >= 0.3 is 0 Å². The number of hydrogen-bond donors (Lipinski definition) is 2. The second-order valence-electron chi connectivity index (χ2n) is 5.12. The minimum Gasteiger partial charge on any atom is -0.508 e. The fraction of sp³-hybridized carbons (Fsp3) is 0.467. The SMILES string of the molecule is CC(C)c1nc2cc(O)ccc2c(=O)n1CCOCCO. The molecule has 2 rings (SSSR count). The van der Waals surface area contributed by atoms with E-state index >= 15 is 0 Å². The summed E-state index contributed by atoms with van der Waals surface area (Å²) in [6.45, 7) is 4.85. The molecule has 0 amide bonds. The molecule has 0 saturated carbocycles. The Bertz CT molecular complexity index is 679. The zero-order valence-electron chi connectivity index (χ0n) is 12.2. The standard InChI is InChI=1S/C15H20N2O4/c1-10(2)14-16-13-9-11(19)3-4-12(13)15(20)17(14)5-7-21-8-6-18/h3-4,9-10,18-19H,5-8H2,1-2H3.